The van der Waals surface area contributed by atoms with Gasteiger partial charge in [0.1, 0.15) is 0 Å². The number of hydrogen-bond acceptors (Lipinski definition) is 2. The van der Waals surface area contributed by atoms with Crippen LogP contribution >= 0.6 is 0 Å². The summed E-state index contributed by atoms with van der Waals surface area (Å²) in [5.74, 6) is 0. The van der Waals surface area contributed by atoms with Gasteiger partial charge in [-0.2, -0.15) is 0 Å². The molecule has 2 nitrogen and oxygen atoms in total. The molecule has 78 valence electrons. The summed E-state index contributed by atoms with van der Waals surface area (Å²) in [6.45, 7) is 0. The zero-order valence-electron chi connectivity index (χ0n) is 8.69. The molecule has 15 heavy (non-hydrogen) atoms. The summed E-state index contributed by atoms with van der Waals surface area (Å²) < 4.78 is 0. The normalized spacial score (nSPS) is 20.5. The van der Waals surface area contributed by atoms with Gasteiger partial charge in [0, 0.05) is 0 Å². The summed E-state index contributed by atoms with van der Waals surface area (Å²) >= 11 is 0. The number of rotatable bonds is 2. The van der Waals surface area contributed by atoms with E-state index in [0.717, 1.165) is 25.7 Å². The summed E-state index contributed by atoms with van der Waals surface area (Å²) in [6, 6.07) is 0. The molecule has 2 rings (SSSR count). The van der Waals surface area contributed by atoms with Crippen LogP contribution in [0.5, 0.6) is 0 Å². The lowest BCUT2D eigenvalue weighted by Gasteiger charge is -2.17. The zero-order chi connectivity index (χ0) is 10.7. The molecular formula is C12H15BO2. The largest absolute Gasteiger partial charge is 0.484 e. The summed E-state index contributed by atoms with van der Waals surface area (Å²) in [4.78, 5) is 0. The van der Waals surface area contributed by atoms with Crippen molar-refractivity contribution in [2.45, 2.75) is 25.7 Å². The minimum atomic E-state index is -1.29. The van der Waals surface area contributed by atoms with Gasteiger partial charge in [0.2, 0.25) is 0 Å². The highest BCUT2D eigenvalue weighted by atomic mass is 16.4. The fourth-order valence-electron chi connectivity index (χ4n) is 2.01. The molecule has 0 aromatic rings. The van der Waals surface area contributed by atoms with Crippen LogP contribution in [0.1, 0.15) is 25.7 Å². The first-order valence-electron chi connectivity index (χ1n) is 5.39. The fourth-order valence-corrected chi connectivity index (χ4v) is 2.01. The Labute approximate surface area is 90.5 Å². The summed E-state index contributed by atoms with van der Waals surface area (Å²) in [5, 5.41) is 18.0. The molecule has 0 aromatic heterocycles. The molecule has 0 bridgehead atoms. The molecule has 0 aromatic carbocycles. The average Bonchev–Trinajstić information content (AvgIpc) is 2.30. The predicted molar refractivity (Wildman–Crippen MR) is 62.0 cm³/mol. The number of hydrogen-bond donors (Lipinski definition) is 2. The van der Waals surface area contributed by atoms with Crippen molar-refractivity contribution in [3.05, 3.63) is 47.0 Å². The molecule has 2 aliphatic rings. The summed E-state index contributed by atoms with van der Waals surface area (Å²) in [5.41, 5.74) is 3.44. The van der Waals surface area contributed by atoms with Crippen molar-refractivity contribution < 1.29 is 10.0 Å². The maximum atomic E-state index is 9.01. The molecule has 3 heteroatoms. The van der Waals surface area contributed by atoms with E-state index in [1.165, 1.54) is 11.1 Å². The topological polar surface area (TPSA) is 40.5 Å². The van der Waals surface area contributed by atoms with Gasteiger partial charge in [-0.25, -0.2) is 0 Å². The van der Waals surface area contributed by atoms with Gasteiger partial charge in [-0.3, -0.25) is 0 Å². The van der Waals surface area contributed by atoms with E-state index in [4.69, 9.17) is 10.0 Å². The third-order valence-electron chi connectivity index (χ3n) is 2.94. The molecule has 0 spiro atoms. The summed E-state index contributed by atoms with van der Waals surface area (Å²) in [6.07, 6.45) is 14.2. The van der Waals surface area contributed by atoms with E-state index in [0.29, 0.717) is 5.47 Å². The van der Waals surface area contributed by atoms with Crippen molar-refractivity contribution in [1.82, 2.24) is 0 Å². The fraction of sp³-hybridized carbons (Fsp3) is 0.333. The van der Waals surface area contributed by atoms with Crippen molar-refractivity contribution >= 4 is 7.12 Å². The molecule has 0 radical (unpaired) electrons. The molecule has 0 unspecified atom stereocenters. The van der Waals surface area contributed by atoms with Crippen molar-refractivity contribution in [2.24, 2.45) is 0 Å². The van der Waals surface area contributed by atoms with E-state index in [9.17, 15) is 0 Å². The van der Waals surface area contributed by atoms with Crippen LogP contribution in [0.15, 0.2) is 47.0 Å². The van der Waals surface area contributed by atoms with Gasteiger partial charge in [0.25, 0.3) is 0 Å². The maximum absolute atomic E-state index is 9.01. The van der Waals surface area contributed by atoms with Crippen LogP contribution < -0.4 is 0 Å². The van der Waals surface area contributed by atoms with Crippen LogP contribution in [0.2, 0.25) is 0 Å². The van der Waals surface area contributed by atoms with E-state index < -0.39 is 7.12 Å². The monoisotopic (exact) mass is 202 g/mol. The Balaban J connectivity index is 2.13. The minimum absolute atomic E-state index is 0.714. The second kappa shape index (κ2) is 4.64. The van der Waals surface area contributed by atoms with Crippen LogP contribution in [0.3, 0.4) is 0 Å². The van der Waals surface area contributed by atoms with E-state index in [1.807, 2.05) is 12.2 Å². The molecule has 0 fully saturated rings. The molecule has 0 heterocycles. The second-order valence-electron chi connectivity index (χ2n) is 3.97. The van der Waals surface area contributed by atoms with Crippen molar-refractivity contribution in [3.8, 4) is 0 Å². The van der Waals surface area contributed by atoms with E-state index >= 15 is 0 Å². The zero-order valence-corrected chi connectivity index (χ0v) is 8.69. The van der Waals surface area contributed by atoms with Gasteiger partial charge in [0.15, 0.2) is 0 Å². The Hall–Kier alpha value is -1.06. The SMILES string of the molecule is OB(O)C1=CC=C(C2=CC=CCC2)CC1. The van der Waals surface area contributed by atoms with Crippen LogP contribution in [-0.4, -0.2) is 17.2 Å². The van der Waals surface area contributed by atoms with Gasteiger partial charge in [-0.1, -0.05) is 30.4 Å². The quantitative estimate of drug-likeness (QED) is 0.671. The molecule has 2 N–H and O–H groups in total. The lowest BCUT2D eigenvalue weighted by molar-refractivity contribution is 0.416. The maximum Gasteiger partial charge on any atom is 0.484 e. The van der Waals surface area contributed by atoms with E-state index in [2.05, 4.69) is 18.2 Å². The first-order chi connectivity index (χ1) is 7.27. The van der Waals surface area contributed by atoms with Crippen LogP contribution in [0.4, 0.5) is 0 Å². The van der Waals surface area contributed by atoms with Crippen molar-refractivity contribution in [3.63, 3.8) is 0 Å². The van der Waals surface area contributed by atoms with Crippen LogP contribution in [0.25, 0.3) is 0 Å². The lowest BCUT2D eigenvalue weighted by atomic mass is 9.73. The number of allylic oxidation sites excluding steroid dienone is 8. The van der Waals surface area contributed by atoms with Gasteiger partial charge >= 0.3 is 7.12 Å². The van der Waals surface area contributed by atoms with Crippen molar-refractivity contribution in [2.75, 3.05) is 0 Å². The average molecular weight is 202 g/mol. The third-order valence-corrected chi connectivity index (χ3v) is 2.94. The highest BCUT2D eigenvalue weighted by Gasteiger charge is 2.18. The molecule has 0 saturated carbocycles. The van der Waals surface area contributed by atoms with Gasteiger partial charge < -0.3 is 10.0 Å². The standard InChI is InChI=1S/C12H15BO2/c14-13(15)12-8-6-11(7-9-12)10-4-2-1-3-5-10/h1-2,4,6,8,14-15H,3,5,7,9H2. The second-order valence-corrected chi connectivity index (χ2v) is 3.97. The van der Waals surface area contributed by atoms with Crippen LogP contribution in [-0.2, 0) is 0 Å². The van der Waals surface area contributed by atoms with Gasteiger partial charge in [-0.15, -0.1) is 0 Å². The molecule has 0 saturated heterocycles. The van der Waals surface area contributed by atoms with Gasteiger partial charge in [0.05, 0.1) is 0 Å². The molecule has 2 aliphatic carbocycles. The van der Waals surface area contributed by atoms with Crippen molar-refractivity contribution in [1.29, 1.82) is 0 Å². The van der Waals surface area contributed by atoms with Gasteiger partial charge in [-0.05, 0) is 42.3 Å². The molecule has 0 amide bonds. The lowest BCUT2D eigenvalue weighted by Crippen LogP contribution is -2.17. The molecular weight excluding hydrogens is 187 g/mol. The Bertz CT molecular complexity index is 362. The minimum Gasteiger partial charge on any atom is -0.423 e. The Morgan fingerprint density at radius 2 is 1.73 bits per heavy atom. The first kappa shape index (κ1) is 10.5. The molecule has 0 aliphatic heterocycles. The highest BCUT2D eigenvalue weighted by Crippen LogP contribution is 2.28. The third kappa shape index (κ3) is 2.49. The van der Waals surface area contributed by atoms with Crippen LogP contribution in [0, 0.1) is 0 Å². The van der Waals surface area contributed by atoms with E-state index in [-0.39, 0.29) is 0 Å². The van der Waals surface area contributed by atoms with E-state index in [1.54, 1.807) is 0 Å². The first-order valence-corrected chi connectivity index (χ1v) is 5.39. The molecule has 0 atom stereocenters. The Morgan fingerprint density at radius 1 is 0.933 bits per heavy atom. The Morgan fingerprint density at radius 3 is 2.27 bits per heavy atom. The Kier molecular flexibility index (Phi) is 3.24. The summed E-state index contributed by atoms with van der Waals surface area (Å²) in [7, 11) is -1.29. The predicted octanol–water partition coefficient (Wildman–Crippen LogP) is 1.92. The smallest absolute Gasteiger partial charge is 0.423 e. The highest BCUT2D eigenvalue weighted by molar-refractivity contribution is 6.50.